The largest absolute Gasteiger partial charge is 0.393 e. The molecule has 2 rings (SSSR count). The maximum Gasteiger partial charge on any atom is 0.332 e. The van der Waals surface area contributed by atoms with E-state index in [9.17, 15) is 14.7 Å². The Morgan fingerprint density at radius 3 is 2.70 bits per heavy atom. The van der Waals surface area contributed by atoms with Crippen molar-refractivity contribution in [2.24, 2.45) is 14.1 Å². The van der Waals surface area contributed by atoms with Gasteiger partial charge in [-0.2, -0.15) is 0 Å². The highest BCUT2D eigenvalue weighted by molar-refractivity contribution is 5.69. The molecule has 0 aliphatic rings. The van der Waals surface area contributed by atoms with E-state index in [0.717, 1.165) is 0 Å². The molecule has 0 spiro atoms. The summed E-state index contributed by atoms with van der Waals surface area (Å²) in [5.41, 5.74) is 0.122. The van der Waals surface area contributed by atoms with Gasteiger partial charge in [0.25, 0.3) is 5.56 Å². The van der Waals surface area contributed by atoms with Crippen molar-refractivity contribution in [1.82, 2.24) is 18.7 Å². The van der Waals surface area contributed by atoms with Gasteiger partial charge in [0.2, 0.25) is 0 Å². The van der Waals surface area contributed by atoms with E-state index in [2.05, 4.69) is 4.98 Å². The van der Waals surface area contributed by atoms with Gasteiger partial charge in [0.1, 0.15) is 0 Å². The highest BCUT2D eigenvalue weighted by Gasteiger charge is 2.14. The zero-order valence-electron chi connectivity index (χ0n) is 12.0. The maximum atomic E-state index is 12.4. The van der Waals surface area contributed by atoms with Crippen LogP contribution in [0.3, 0.4) is 0 Å². The van der Waals surface area contributed by atoms with E-state index in [1.807, 2.05) is 6.92 Å². The molecule has 0 aromatic carbocycles. The summed E-state index contributed by atoms with van der Waals surface area (Å²) < 4.78 is 4.22. The fourth-order valence-corrected chi connectivity index (χ4v) is 2.28. The van der Waals surface area contributed by atoms with E-state index in [0.29, 0.717) is 37.0 Å². The third-order valence-electron chi connectivity index (χ3n) is 3.59. The average molecular weight is 280 g/mol. The Kier molecular flexibility index (Phi) is 4.08. The average Bonchev–Trinajstić information content (AvgIpc) is 2.82. The molecule has 7 heteroatoms. The van der Waals surface area contributed by atoms with Crippen molar-refractivity contribution in [3.05, 3.63) is 27.2 Å². The zero-order valence-corrected chi connectivity index (χ0v) is 12.0. The third-order valence-corrected chi connectivity index (χ3v) is 3.59. The summed E-state index contributed by atoms with van der Waals surface area (Å²) in [5, 5.41) is 9.53. The van der Waals surface area contributed by atoms with Crippen molar-refractivity contribution in [3.8, 4) is 0 Å². The van der Waals surface area contributed by atoms with E-state index in [4.69, 9.17) is 0 Å². The van der Waals surface area contributed by atoms with Gasteiger partial charge in [-0.25, -0.2) is 9.78 Å². The first-order valence-electron chi connectivity index (χ1n) is 6.76. The van der Waals surface area contributed by atoms with Gasteiger partial charge in [0.05, 0.1) is 12.4 Å². The Morgan fingerprint density at radius 1 is 1.35 bits per heavy atom. The third kappa shape index (κ3) is 2.40. The van der Waals surface area contributed by atoms with Crippen LogP contribution in [0.5, 0.6) is 0 Å². The van der Waals surface area contributed by atoms with Crippen LogP contribution in [-0.2, 0) is 20.6 Å². The highest BCUT2D eigenvalue weighted by Crippen LogP contribution is 2.05. The molecule has 1 N–H and O–H groups in total. The first kappa shape index (κ1) is 14.5. The predicted molar refractivity (Wildman–Crippen MR) is 75.7 cm³/mol. The Hall–Kier alpha value is -1.89. The van der Waals surface area contributed by atoms with Crippen LogP contribution in [-0.4, -0.2) is 29.9 Å². The van der Waals surface area contributed by atoms with E-state index in [1.165, 1.54) is 15.5 Å². The summed E-state index contributed by atoms with van der Waals surface area (Å²) in [5.74, 6) is 0. The van der Waals surface area contributed by atoms with Gasteiger partial charge in [-0.3, -0.25) is 13.9 Å². The van der Waals surface area contributed by atoms with Crippen LogP contribution in [0.25, 0.3) is 11.2 Å². The van der Waals surface area contributed by atoms with Crippen LogP contribution in [0, 0.1) is 0 Å². The molecule has 0 saturated carbocycles. The molecular weight excluding hydrogens is 260 g/mol. The summed E-state index contributed by atoms with van der Waals surface area (Å²) >= 11 is 0. The lowest BCUT2D eigenvalue weighted by Crippen LogP contribution is -2.39. The fraction of sp³-hybridized carbons (Fsp3) is 0.615. The van der Waals surface area contributed by atoms with Crippen LogP contribution in [0.1, 0.15) is 26.2 Å². The van der Waals surface area contributed by atoms with Gasteiger partial charge in [-0.1, -0.05) is 6.92 Å². The summed E-state index contributed by atoms with van der Waals surface area (Å²) in [6.07, 6.45) is 2.99. The normalized spacial score (nSPS) is 13.0. The Morgan fingerprint density at radius 2 is 2.05 bits per heavy atom. The fourth-order valence-electron chi connectivity index (χ4n) is 2.28. The number of fused-ring (bicyclic) bond motifs is 1. The highest BCUT2D eigenvalue weighted by atomic mass is 16.3. The Labute approximate surface area is 116 Å². The number of nitrogens with zero attached hydrogens (tertiary/aromatic N) is 4. The van der Waals surface area contributed by atoms with Gasteiger partial charge < -0.3 is 9.67 Å². The number of aliphatic hydroxyl groups excluding tert-OH is 1. The maximum absolute atomic E-state index is 12.4. The molecule has 0 radical (unpaired) electrons. The smallest absolute Gasteiger partial charge is 0.332 e. The van der Waals surface area contributed by atoms with Crippen molar-refractivity contribution in [3.63, 3.8) is 0 Å². The summed E-state index contributed by atoms with van der Waals surface area (Å²) in [6, 6.07) is 0. The minimum atomic E-state index is -0.380. The molecular formula is C13H20N4O3. The van der Waals surface area contributed by atoms with Gasteiger partial charge in [-0.05, 0) is 19.3 Å². The molecule has 2 aromatic rings. The molecule has 110 valence electrons. The van der Waals surface area contributed by atoms with Crippen molar-refractivity contribution < 1.29 is 5.11 Å². The Balaban J connectivity index is 2.41. The van der Waals surface area contributed by atoms with Crippen molar-refractivity contribution in [2.45, 2.75) is 38.8 Å². The number of aromatic nitrogens is 4. The minimum Gasteiger partial charge on any atom is -0.393 e. The minimum absolute atomic E-state index is 0.309. The van der Waals surface area contributed by atoms with Crippen LogP contribution >= 0.6 is 0 Å². The van der Waals surface area contributed by atoms with Crippen LogP contribution in [0.15, 0.2) is 15.9 Å². The quantitative estimate of drug-likeness (QED) is 0.835. The number of hydrogen-bond donors (Lipinski definition) is 1. The molecule has 2 heterocycles. The topological polar surface area (TPSA) is 82.1 Å². The zero-order chi connectivity index (χ0) is 14.9. The molecule has 0 aliphatic carbocycles. The summed E-state index contributed by atoms with van der Waals surface area (Å²) in [6.45, 7) is 2.21. The lowest BCUT2D eigenvalue weighted by atomic mass is 10.1. The SMILES string of the molecule is CCC(O)CCCn1c(=O)c2c(ncn2C)n(C)c1=O. The molecule has 0 saturated heterocycles. The molecule has 0 amide bonds. The summed E-state index contributed by atoms with van der Waals surface area (Å²) in [4.78, 5) is 28.6. The monoisotopic (exact) mass is 280 g/mol. The van der Waals surface area contributed by atoms with E-state index >= 15 is 0 Å². The number of hydrogen-bond acceptors (Lipinski definition) is 4. The molecule has 1 atom stereocenters. The molecule has 20 heavy (non-hydrogen) atoms. The first-order valence-corrected chi connectivity index (χ1v) is 6.76. The molecule has 1 unspecified atom stereocenters. The molecule has 0 aliphatic heterocycles. The number of aryl methyl sites for hydroxylation is 2. The second kappa shape index (κ2) is 5.62. The molecule has 0 fully saturated rings. The number of rotatable bonds is 5. The van der Waals surface area contributed by atoms with Gasteiger partial charge in [-0.15, -0.1) is 0 Å². The second-order valence-corrected chi connectivity index (χ2v) is 5.03. The molecule has 0 bridgehead atoms. The molecule has 2 aromatic heterocycles. The number of aliphatic hydroxyl groups is 1. The first-order chi connectivity index (χ1) is 9.47. The van der Waals surface area contributed by atoms with Gasteiger partial charge in [0, 0.05) is 20.6 Å². The standard InChI is InChI=1S/C13H20N4O3/c1-4-9(18)6-5-7-17-12(19)10-11(14-8-15(10)2)16(3)13(17)20/h8-9,18H,4-7H2,1-3H3. The summed E-state index contributed by atoms with van der Waals surface area (Å²) in [7, 11) is 3.33. The van der Waals surface area contributed by atoms with Gasteiger partial charge in [0.15, 0.2) is 11.2 Å². The van der Waals surface area contributed by atoms with E-state index < -0.39 is 0 Å². The van der Waals surface area contributed by atoms with Crippen molar-refractivity contribution in [2.75, 3.05) is 0 Å². The van der Waals surface area contributed by atoms with E-state index in [-0.39, 0.29) is 17.4 Å². The second-order valence-electron chi connectivity index (χ2n) is 5.03. The van der Waals surface area contributed by atoms with Crippen LogP contribution in [0.4, 0.5) is 0 Å². The predicted octanol–water partition coefficient (Wildman–Crippen LogP) is -0.0152. The van der Waals surface area contributed by atoms with Crippen LogP contribution in [0.2, 0.25) is 0 Å². The van der Waals surface area contributed by atoms with Crippen molar-refractivity contribution >= 4 is 11.2 Å². The van der Waals surface area contributed by atoms with Crippen LogP contribution < -0.4 is 11.2 Å². The Bertz CT molecular complexity index is 726. The lowest BCUT2D eigenvalue weighted by Gasteiger charge is -2.10. The lowest BCUT2D eigenvalue weighted by molar-refractivity contribution is 0.155. The van der Waals surface area contributed by atoms with E-state index in [1.54, 1.807) is 18.7 Å². The van der Waals surface area contributed by atoms with Crippen molar-refractivity contribution in [1.29, 1.82) is 0 Å². The number of imidazole rings is 1. The molecule has 7 nitrogen and oxygen atoms in total. The van der Waals surface area contributed by atoms with Gasteiger partial charge >= 0.3 is 5.69 Å².